The molecule has 37 heavy (non-hydrogen) atoms. The number of nitrogens with zero attached hydrogens (tertiary/aromatic N) is 3. The molecule has 196 valence electrons. The maximum Gasteiger partial charge on any atom is 0.407 e. The smallest absolute Gasteiger partial charge is 0.407 e. The molecule has 0 bridgehead atoms. The molecule has 2 amide bonds. The SMILES string of the molecule is COC(=O)C(C)(CCN1Cc2cc(-c3ccc(C#CC4CN(C(=O)O)C4)cc3F)cn2C1=O)S(C)(=O)=O. The highest BCUT2D eigenvalue weighted by atomic mass is 32.2. The lowest BCUT2D eigenvalue weighted by Crippen LogP contribution is -2.48. The second kappa shape index (κ2) is 9.55. The summed E-state index contributed by atoms with van der Waals surface area (Å²) >= 11 is 0. The van der Waals surface area contributed by atoms with Crippen molar-refractivity contribution in [2.24, 2.45) is 5.92 Å². The third-order valence-electron chi connectivity index (χ3n) is 6.88. The fraction of sp³-hybridized carbons (Fsp3) is 0.400. The topological polar surface area (TPSA) is 126 Å². The van der Waals surface area contributed by atoms with Crippen molar-refractivity contribution < 1.29 is 37.0 Å². The number of fused-ring (bicyclic) bond motifs is 1. The van der Waals surface area contributed by atoms with Gasteiger partial charge >= 0.3 is 18.1 Å². The van der Waals surface area contributed by atoms with Crippen molar-refractivity contribution in [1.82, 2.24) is 14.4 Å². The van der Waals surface area contributed by atoms with E-state index in [1.54, 1.807) is 18.2 Å². The fourth-order valence-electron chi connectivity index (χ4n) is 4.29. The number of methoxy groups -OCH3 is 1. The van der Waals surface area contributed by atoms with Gasteiger partial charge in [-0.3, -0.25) is 9.36 Å². The Labute approximate surface area is 213 Å². The second-order valence-corrected chi connectivity index (χ2v) is 11.8. The van der Waals surface area contributed by atoms with Crippen molar-refractivity contribution in [2.75, 3.05) is 33.0 Å². The molecule has 0 saturated carbocycles. The van der Waals surface area contributed by atoms with Crippen LogP contribution in [-0.4, -0.2) is 83.7 Å². The summed E-state index contributed by atoms with van der Waals surface area (Å²) in [6.45, 7) is 2.14. The Morgan fingerprint density at radius 3 is 2.54 bits per heavy atom. The first-order chi connectivity index (χ1) is 17.3. The minimum atomic E-state index is -3.80. The van der Waals surface area contributed by atoms with E-state index in [0.717, 1.165) is 13.4 Å². The van der Waals surface area contributed by atoms with E-state index in [9.17, 15) is 27.2 Å². The van der Waals surface area contributed by atoms with Gasteiger partial charge in [0.1, 0.15) is 5.82 Å². The van der Waals surface area contributed by atoms with Crippen LogP contribution in [0.15, 0.2) is 30.5 Å². The number of esters is 1. The van der Waals surface area contributed by atoms with E-state index in [1.807, 2.05) is 0 Å². The molecular weight excluding hydrogens is 505 g/mol. The molecule has 4 rings (SSSR count). The number of benzene rings is 1. The molecule has 1 atom stereocenters. The van der Waals surface area contributed by atoms with Crippen LogP contribution in [0.2, 0.25) is 0 Å². The van der Waals surface area contributed by atoms with E-state index in [1.165, 1.54) is 33.6 Å². The Balaban J connectivity index is 1.44. The van der Waals surface area contributed by atoms with Crippen molar-refractivity contribution in [1.29, 1.82) is 0 Å². The van der Waals surface area contributed by atoms with Gasteiger partial charge in [-0.05, 0) is 31.5 Å². The first-order valence-corrected chi connectivity index (χ1v) is 13.3. The van der Waals surface area contributed by atoms with E-state index in [4.69, 9.17) is 5.11 Å². The summed E-state index contributed by atoms with van der Waals surface area (Å²) in [5, 5.41) is 8.87. The summed E-state index contributed by atoms with van der Waals surface area (Å²) in [4.78, 5) is 38.5. The van der Waals surface area contributed by atoms with Gasteiger partial charge in [0.15, 0.2) is 14.6 Å². The number of carbonyl (C=O) groups excluding carboxylic acids is 2. The van der Waals surface area contributed by atoms with Gasteiger partial charge in [-0.15, -0.1) is 0 Å². The van der Waals surface area contributed by atoms with Crippen LogP contribution in [0.3, 0.4) is 0 Å². The van der Waals surface area contributed by atoms with Crippen LogP contribution in [-0.2, 0) is 25.9 Å². The van der Waals surface area contributed by atoms with Crippen molar-refractivity contribution in [2.45, 2.75) is 24.6 Å². The van der Waals surface area contributed by atoms with Gasteiger partial charge in [0.25, 0.3) is 0 Å². The number of sulfone groups is 1. The predicted octanol–water partition coefficient (Wildman–Crippen LogP) is 2.41. The van der Waals surface area contributed by atoms with Crippen molar-refractivity contribution >= 4 is 27.9 Å². The highest BCUT2D eigenvalue weighted by Gasteiger charge is 2.45. The number of hydrogen-bond donors (Lipinski definition) is 1. The lowest BCUT2D eigenvalue weighted by Gasteiger charge is -2.33. The normalized spacial score (nSPS) is 16.9. The minimum Gasteiger partial charge on any atom is -0.468 e. The average molecular weight is 532 g/mol. The largest absolute Gasteiger partial charge is 0.468 e. The average Bonchev–Trinajstić information content (AvgIpc) is 3.33. The maximum absolute atomic E-state index is 14.9. The number of likely N-dealkylation sites (tertiary alicyclic amines) is 1. The molecule has 1 fully saturated rings. The summed E-state index contributed by atoms with van der Waals surface area (Å²) in [5.74, 6) is 4.35. The number of amides is 2. The van der Waals surface area contributed by atoms with Crippen LogP contribution in [0.25, 0.3) is 11.1 Å². The van der Waals surface area contributed by atoms with Gasteiger partial charge < -0.3 is 19.6 Å². The van der Waals surface area contributed by atoms with Crippen LogP contribution in [0.5, 0.6) is 0 Å². The number of aromatic nitrogens is 1. The number of rotatable bonds is 6. The van der Waals surface area contributed by atoms with E-state index < -0.39 is 38.5 Å². The molecule has 0 aliphatic carbocycles. The number of hydrogen-bond acceptors (Lipinski definition) is 6. The molecule has 12 heteroatoms. The van der Waals surface area contributed by atoms with Crippen molar-refractivity contribution in [3.05, 3.63) is 47.5 Å². The molecule has 0 radical (unpaired) electrons. The maximum atomic E-state index is 14.9. The zero-order valence-corrected chi connectivity index (χ0v) is 21.3. The minimum absolute atomic E-state index is 0.0153. The molecule has 1 unspecified atom stereocenters. The summed E-state index contributed by atoms with van der Waals surface area (Å²) in [6.07, 6.45) is 1.36. The molecular formula is C25H26FN3O7S. The zero-order chi connectivity index (χ0) is 27.1. The molecule has 1 saturated heterocycles. The van der Waals surface area contributed by atoms with E-state index in [0.29, 0.717) is 35.5 Å². The molecule has 1 aromatic carbocycles. The summed E-state index contributed by atoms with van der Waals surface area (Å²) in [7, 11) is -2.69. The molecule has 2 aliphatic rings. The van der Waals surface area contributed by atoms with Crippen molar-refractivity contribution in [3.63, 3.8) is 0 Å². The van der Waals surface area contributed by atoms with Gasteiger partial charge in [0, 0.05) is 54.5 Å². The summed E-state index contributed by atoms with van der Waals surface area (Å²) in [6, 6.07) is 5.82. The Hall–Kier alpha value is -3.85. The van der Waals surface area contributed by atoms with Crippen molar-refractivity contribution in [3.8, 4) is 23.0 Å². The Kier molecular flexibility index (Phi) is 6.77. The third kappa shape index (κ3) is 4.91. The number of carboxylic acid groups (broad SMARTS) is 1. The van der Waals surface area contributed by atoms with Crippen LogP contribution in [0.4, 0.5) is 14.0 Å². The molecule has 1 N–H and O–H groups in total. The molecule has 3 heterocycles. The van der Waals surface area contributed by atoms with Crippen LogP contribution >= 0.6 is 0 Å². The molecule has 10 nitrogen and oxygen atoms in total. The predicted molar refractivity (Wildman–Crippen MR) is 131 cm³/mol. The first kappa shape index (κ1) is 26.2. The van der Waals surface area contributed by atoms with Crippen LogP contribution < -0.4 is 0 Å². The lowest BCUT2D eigenvalue weighted by molar-refractivity contribution is -0.143. The zero-order valence-electron chi connectivity index (χ0n) is 20.5. The Morgan fingerprint density at radius 1 is 1.27 bits per heavy atom. The number of ether oxygens (including phenoxy) is 1. The second-order valence-electron chi connectivity index (χ2n) is 9.39. The van der Waals surface area contributed by atoms with Crippen LogP contribution in [0.1, 0.15) is 24.6 Å². The molecule has 0 spiro atoms. The summed E-state index contributed by atoms with van der Waals surface area (Å²) in [5.41, 5.74) is 1.87. The van der Waals surface area contributed by atoms with Gasteiger partial charge in [0.05, 0.1) is 19.6 Å². The molecule has 2 aliphatic heterocycles. The van der Waals surface area contributed by atoms with Gasteiger partial charge in [-0.25, -0.2) is 22.4 Å². The summed E-state index contributed by atoms with van der Waals surface area (Å²) < 4.78 is 43.6. The molecule has 1 aromatic heterocycles. The number of halogens is 1. The van der Waals surface area contributed by atoms with Gasteiger partial charge in [-0.1, -0.05) is 17.9 Å². The Bertz CT molecular complexity index is 1450. The number of carbonyl (C=O) groups is 3. The van der Waals surface area contributed by atoms with E-state index in [2.05, 4.69) is 16.6 Å². The monoisotopic (exact) mass is 531 g/mol. The van der Waals surface area contributed by atoms with Gasteiger partial charge in [0.2, 0.25) is 0 Å². The van der Waals surface area contributed by atoms with Gasteiger partial charge in [-0.2, -0.15) is 0 Å². The first-order valence-electron chi connectivity index (χ1n) is 11.4. The third-order valence-corrected chi connectivity index (χ3v) is 8.88. The van der Waals surface area contributed by atoms with E-state index in [-0.39, 0.29) is 25.4 Å². The fourth-order valence-corrected chi connectivity index (χ4v) is 5.14. The molecule has 2 aromatic rings. The quantitative estimate of drug-likeness (QED) is 0.448. The Morgan fingerprint density at radius 2 is 1.97 bits per heavy atom. The van der Waals surface area contributed by atoms with E-state index >= 15 is 0 Å². The lowest BCUT2D eigenvalue weighted by atomic mass is 10.0. The highest BCUT2D eigenvalue weighted by Crippen LogP contribution is 2.31. The van der Waals surface area contributed by atoms with Crippen LogP contribution in [0, 0.1) is 23.6 Å². The standard InChI is InChI=1S/C25H26FN3O7S/c1-25(22(30)36-2,37(3,34)35)8-9-27-15-19-11-18(14-29(19)23(27)31)20-7-6-16(10-21(20)26)4-5-17-12-28(13-17)24(32)33/h6-7,10-11,14,17H,8-9,12-13,15H2,1-3H3,(H,32,33). The highest BCUT2D eigenvalue weighted by molar-refractivity contribution is 7.92.